The van der Waals surface area contributed by atoms with Gasteiger partial charge in [0.05, 0.1) is 19.4 Å². The van der Waals surface area contributed by atoms with Crippen LogP contribution in [0.3, 0.4) is 0 Å². The minimum Gasteiger partial charge on any atom is -0.467 e. The van der Waals surface area contributed by atoms with Gasteiger partial charge >= 0.3 is 0 Å². The normalized spacial score (nSPS) is 14.8. The van der Waals surface area contributed by atoms with E-state index in [1.54, 1.807) is 6.26 Å². The molecule has 23 heavy (non-hydrogen) atoms. The summed E-state index contributed by atoms with van der Waals surface area (Å²) in [6.45, 7) is 1.16. The zero-order chi connectivity index (χ0) is 15.6. The van der Waals surface area contributed by atoms with Gasteiger partial charge in [-0.25, -0.2) is 0 Å². The van der Waals surface area contributed by atoms with Crippen LogP contribution >= 0.6 is 11.6 Å². The quantitative estimate of drug-likeness (QED) is 0.672. The second kappa shape index (κ2) is 6.08. The number of anilines is 1. The van der Waals surface area contributed by atoms with Crippen LogP contribution < -0.4 is 10.1 Å². The molecule has 1 saturated carbocycles. The summed E-state index contributed by atoms with van der Waals surface area (Å²) in [7, 11) is 0. The summed E-state index contributed by atoms with van der Waals surface area (Å²) in [6.07, 6.45) is 5.36. The molecule has 0 spiro atoms. The molecule has 0 bridgehead atoms. The van der Waals surface area contributed by atoms with Crippen LogP contribution in [0.4, 0.5) is 5.82 Å². The molecule has 1 aliphatic carbocycles. The number of aromatic amines is 1. The molecule has 7 nitrogen and oxygen atoms in total. The van der Waals surface area contributed by atoms with Crippen LogP contribution in [0, 0.1) is 5.92 Å². The molecule has 0 saturated heterocycles. The van der Waals surface area contributed by atoms with Gasteiger partial charge in [-0.2, -0.15) is 15.0 Å². The van der Waals surface area contributed by atoms with Gasteiger partial charge in [0, 0.05) is 0 Å². The maximum atomic E-state index is 5.98. The number of nitrogens with one attached hydrogen (secondary N) is 2. The Hall–Kier alpha value is -2.28. The molecule has 0 unspecified atom stereocenters. The Labute approximate surface area is 137 Å². The lowest BCUT2D eigenvalue weighted by atomic mass is 9.86. The van der Waals surface area contributed by atoms with Crippen molar-refractivity contribution >= 4 is 28.6 Å². The van der Waals surface area contributed by atoms with E-state index in [1.165, 1.54) is 19.3 Å². The van der Waals surface area contributed by atoms with Gasteiger partial charge in [-0.05, 0) is 42.5 Å². The summed E-state index contributed by atoms with van der Waals surface area (Å²) in [4.78, 5) is 15.8. The van der Waals surface area contributed by atoms with E-state index in [4.69, 9.17) is 20.8 Å². The van der Waals surface area contributed by atoms with Crippen molar-refractivity contribution in [2.24, 2.45) is 5.92 Å². The lowest BCUT2D eigenvalue weighted by Gasteiger charge is -2.24. The Morgan fingerprint density at radius 1 is 1.35 bits per heavy atom. The molecule has 8 heteroatoms. The van der Waals surface area contributed by atoms with Crippen LogP contribution in [0.25, 0.3) is 11.2 Å². The summed E-state index contributed by atoms with van der Waals surface area (Å²) in [5.41, 5.74) is 1.15. The van der Waals surface area contributed by atoms with Crippen LogP contribution in [-0.4, -0.2) is 26.5 Å². The first-order chi connectivity index (χ1) is 11.3. The summed E-state index contributed by atoms with van der Waals surface area (Å²) < 4.78 is 11.0. The summed E-state index contributed by atoms with van der Waals surface area (Å²) >= 11 is 5.98. The Kier molecular flexibility index (Phi) is 3.78. The fourth-order valence-corrected chi connectivity index (χ4v) is 2.65. The summed E-state index contributed by atoms with van der Waals surface area (Å²) in [5.74, 6) is 1.98. The molecule has 0 aromatic carbocycles. The number of rotatable bonds is 6. The number of halogens is 1. The van der Waals surface area contributed by atoms with Gasteiger partial charge in [0.1, 0.15) is 5.76 Å². The van der Waals surface area contributed by atoms with Crippen molar-refractivity contribution in [1.82, 2.24) is 19.9 Å². The van der Waals surface area contributed by atoms with Gasteiger partial charge in [-0.3, -0.25) is 4.98 Å². The lowest BCUT2D eigenvalue weighted by molar-refractivity contribution is 0.171. The molecule has 4 rings (SSSR count). The Bertz CT molecular complexity index is 798. The smallest absolute Gasteiger partial charge is 0.295 e. The topological polar surface area (TPSA) is 88.9 Å². The standard InChI is InChI=1S/C15H16ClN5O2/c16-14-19-12(17-7-10-5-2-6-22-10)11-13(20-14)21-15(18-11)23-8-9-3-1-4-9/h2,5-6,9H,1,3-4,7-8H2,(H2,17,18,19,20,21). The van der Waals surface area contributed by atoms with E-state index in [-0.39, 0.29) is 5.28 Å². The van der Waals surface area contributed by atoms with Gasteiger partial charge in [0.25, 0.3) is 6.01 Å². The molecular formula is C15H16ClN5O2. The second-order valence-corrected chi connectivity index (χ2v) is 5.96. The molecule has 1 aliphatic rings. The van der Waals surface area contributed by atoms with E-state index in [0.29, 0.717) is 42.1 Å². The van der Waals surface area contributed by atoms with E-state index >= 15 is 0 Å². The van der Waals surface area contributed by atoms with Crippen molar-refractivity contribution in [1.29, 1.82) is 0 Å². The molecule has 120 valence electrons. The van der Waals surface area contributed by atoms with Crippen molar-refractivity contribution in [3.63, 3.8) is 0 Å². The zero-order valence-corrected chi connectivity index (χ0v) is 13.1. The lowest BCUT2D eigenvalue weighted by Crippen LogP contribution is -2.19. The molecule has 2 N–H and O–H groups in total. The molecule has 1 fully saturated rings. The molecule has 0 radical (unpaired) electrons. The number of hydrogen-bond donors (Lipinski definition) is 2. The Balaban J connectivity index is 1.54. The highest BCUT2D eigenvalue weighted by Gasteiger charge is 2.19. The van der Waals surface area contributed by atoms with Crippen LogP contribution in [0.5, 0.6) is 6.01 Å². The van der Waals surface area contributed by atoms with Gasteiger partial charge < -0.3 is 14.5 Å². The van der Waals surface area contributed by atoms with E-state index in [1.807, 2.05) is 12.1 Å². The van der Waals surface area contributed by atoms with Crippen LogP contribution in [0.15, 0.2) is 22.8 Å². The highest BCUT2D eigenvalue weighted by molar-refractivity contribution is 6.28. The molecule has 3 heterocycles. The predicted octanol–water partition coefficient (Wildman–Crippen LogP) is 3.39. The Morgan fingerprint density at radius 3 is 3.00 bits per heavy atom. The summed E-state index contributed by atoms with van der Waals surface area (Å²) in [5, 5.41) is 3.31. The first kappa shape index (κ1) is 14.3. The van der Waals surface area contributed by atoms with Crippen molar-refractivity contribution < 1.29 is 9.15 Å². The fraction of sp³-hybridized carbons (Fsp3) is 0.400. The zero-order valence-electron chi connectivity index (χ0n) is 12.4. The number of H-pyrrole nitrogens is 1. The van der Waals surface area contributed by atoms with Crippen molar-refractivity contribution in [3.8, 4) is 6.01 Å². The second-order valence-electron chi connectivity index (χ2n) is 5.62. The van der Waals surface area contributed by atoms with E-state index in [0.717, 1.165) is 5.76 Å². The number of imidazole rings is 1. The fourth-order valence-electron chi connectivity index (χ4n) is 2.48. The molecule has 0 aliphatic heterocycles. The molecular weight excluding hydrogens is 318 g/mol. The average Bonchev–Trinajstić information content (AvgIpc) is 3.11. The molecule has 0 amide bonds. The largest absolute Gasteiger partial charge is 0.467 e. The number of furan rings is 1. The highest BCUT2D eigenvalue weighted by atomic mass is 35.5. The van der Waals surface area contributed by atoms with E-state index < -0.39 is 0 Å². The molecule has 3 aromatic rings. The molecule has 3 aromatic heterocycles. The van der Waals surface area contributed by atoms with Crippen molar-refractivity contribution in [3.05, 3.63) is 29.4 Å². The van der Waals surface area contributed by atoms with Crippen LogP contribution in [0.1, 0.15) is 25.0 Å². The third-order valence-corrected chi connectivity index (χ3v) is 4.16. The Morgan fingerprint density at radius 2 is 2.26 bits per heavy atom. The van der Waals surface area contributed by atoms with Gasteiger partial charge in [0.2, 0.25) is 5.28 Å². The first-order valence-electron chi connectivity index (χ1n) is 7.60. The molecule has 0 atom stereocenters. The third-order valence-electron chi connectivity index (χ3n) is 3.99. The van der Waals surface area contributed by atoms with Gasteiger partial charge in [-0.1, -0.05) is 6.42 Å². The monoisotopic (exact) mass is 333 g/mol. The van der Waals surface area contributed by atoms with Crippen molar-refractivity contribution in [2.45, 2.75) is 25.8 Å². The first-order valence-corrected chi connectivity index (χ1v) is 7.98. The summed E-state index contributed by atoms with van der Waals surface area (Å²) in [6, 6.07) is 4.16. The minimum absolute atomic E-state index is 0.147. The number of nitrogens with zero attached hydrogens (tertiary/aromatic N) is 3. The highest BCUT2D eigenvalue weighted by Crippen LogP contribution is 2.28. The average molecular weight is 334 g/mol. The maximum absolute atomic E-state index is 5.98. The van der Waals surface area contributed by atoms with Gasteiger partial charge in [-0.15, -0.1) is 0 Å². The van der Waals surface area contributed by atoms with E-state index in [2.05, 4.69) is 25.3 Å². The SMILES string of the molecule is Clc1nc(NCc2ccco2)c2nc(OCC3CCC3)[nH]c2n1. The third kappa shape index (κ3) is 3.10. The predicted molar refractivity (Wildman–Crippen MR) is 85.6 cm³/mol. The number of hydrogen-bond acceptors (Lipinski definition) is 6. The van der Waals surface area contributed by atoms with Crippen LogP contribution in [0.2, 0.25) is 5.28 Å². The maximum Gasteiger partial charge on any atom is 0.295 e. The van der Waals surface area contributed by atoms with Crippen molar-refractivity contribution in [2.75, 3.05) is 11.9 Å². The minimum atomic E-state index is 0.147. The number of ether oxygens (including phenoxy) is 1. The number of fused-ring (bicyclic) bond motifs is 1. The van der Waals surface area contributed by atoms with E-state index in [9.17, 15) is 0 Å². The van der Waals surface area contributed by atoms with Crippen LogP contribution in [-0.2, 0) is 6.54 Å². The number of aromatic nitrogens is 4. The van der Waals surface area contributed by atoms with Gasteiger partial charge in [0.15, 0.2) is 17.0 Å².